The number of amides is 8. The van der Waals surface area contributed by atoms with Gasteiger partial charge in [-0.3, -0.25) is 38.4 Å². The molecule has 4 heterocycles. The van der Waals surface area contributed by atoms with Crippen LogP contribution in [0.4, 0.5) is 0 Å². The van der Waals surface area contributed by atoms with E-state index < -0.39 is 96.2 Å². The number of aliphatic carboxylic acids is 1. The van der Waals surface area contributed by atoms with Crippen LogP contribution in [0.1, 0.15) is 51.4 Å². The highest BCUT2D eigenvalue weighted by molar-refractivity contribution is 7.80. The Balaban J connectivity index is 1.30. The Hall–Kier alpha value is -3.76. The fourth-order valence-corrected chi connectivity index (χ4v) is 8.31. The zero-order valence-electron chi connectivity index (χ0n) is 30.4. The van der Waals surface area contributed by atoms with Gasteiger partial charge in [0.25, 0.3) is 0 Å². The summed E-state index contributed by atoms with van der Waals surface area (Å²) in [6.07, 6.45) is 3.52. The quantitative estimate of drug-likeness (QED) is 0.0686. The number of rotatable bonds is 16. The summed E-state index contributed by atoms with van der Waals surface area (Å²) in [5.74, 6) is -5.91. The Labute approximate surface area is 335 Å². The number of nitrogens with zero attached hydrogens (tertiary/aromatic N) is 4. The number of thiol groups is 3. The van der Waals surface area contributed by atoms with E-state index in [4.69, 9.17) is 5.73 Å². The van der Waals surface area contributed by atoms with E-state index in [1.165, 1.54) is 19.6 Å². The second kappa shape index (κ2) is 20.4. The molecular weight excluding hydrogens is 779 g/mol. The Morgan fingerprint density at radius 2 is 1.00 bits per heavy atom. The van der Waals surface area contributed by atoms with Crippen molar-refractivity contribution >= 4 is 91.1 Å². The maximum atomic E-state index is 13.7. The van der Waals surface area contributed by atoms with E-state index in [9.17, 15) is 48.3 Å². The van der Waals surface area contributed by atoms with Gasteiger partial charge < -0.3 is 51.7 Å². The lowest BCUT2D eigenvalue weighted by atomic mass is 10.1. The number of hydrogen-bond acceptors (Lipinski definition) is 13. The third kappa shape index (κ3) is 10.6. The van der Waals surface area contributed by atoms with Crippen LogP contribution in [0.25, 0.3) is 0 Å². The first-order valence-electron chi connectivity index (χ1n) is 18.4. The maximum absolute atomic E-state index is 13.7. The summed E-state index contributed by atoms with van der Waals surface area (Å²) < 4.78 is 0. The summed E-state index contributed by atoms with van der Waals surface area (Å²) in [5, 5.41) is 19.5. The molecule has 19 nitrogen and oxygen atoms in total. The van der Waals surface area contributed by atoms with Crippen molar-refractivity contribution in [3.63, 3.8) is 0 Å². The minimum Gasteiger partial charge on any atom is -0.480 e. The lowest BCUT2D eigenvalue weighted by molar-refractivity contribution is -0.148. The summed E-state index contributed by atoms with van der Waals surface area (Å²) in [7, 11) is 0. The molecule has 7 N–H and O–H groups in total. The van der Waals surface area contributed by atoms with Gasteiger partial charge in [-0.15, -0.1) is 0 Å². The molecular formula is C33H51N9O10S3. The minimum absolute atomic E-state index is 0.0600. The Morgan fingerprint density at radius 1 is 0.582 bits per heavy atom. The van der Waals surface area contributed by atoms with Crippen LogP contribution < -0.4 is 27.0 Å². The molecule has 306 valence electrons. The van der Waals surface area contributed by atoms with Gasteiger partial charge in [0.1, 0.15) is 42.3 Å². The molecule has 0 unspecified atom stereocenters. The van der Waals surface area contributed by atoms with Crippen molar-refractivity contribution < 1.29 is 48.3 Å². The maximum Gasteiger partial charge on any atom is 0.327 e. The standard InChI is InChI=1S/C33H51N9O10S3/c34-13-26(44)39-9-1-6-22(39)28(46)37-19(16-54)31(49)40-10-2-5-21(40)27(45)35-14-25(43)36-18(15-53)30(48)42-12-4-8-24(42)32(50)41-11-3-7-23(41)29(47)38-20(17-55)33(51)52/h18-24,53-55H,1-17,34H2,(H,35,45)(H,36,43)(H,37,46)(H,38,47)(H,51,52)/t18-,19-,20-,21-,22-,23-,24-/m0/s1. The SMILES string of the molecule is NCC(=O)N1CCC[C@H]1C(=O)N[C@@H](CS)C(=O)N1CCC[C@H]1C(=O)NCC(=O)N[C@@H](CS)C(=O)N1CCC[C@H]1C(=O)N1CCC[C@H]1C(=O)N[C@@H](CS)C(=O)O. The van der Waals surface area contributed by atoms with Gasteiger partial charge in [-0.25, -0.2) is 4.79 Å². The van der Waals surface area contributed by atoms with E-state index in [1.54, 1.807) is 0 Å². The molecule has 0 radical (unpaired) electrons. The van der Waals surface area contributed by atoms with Gasteiger partial charge in [0, 0.05) is 43.4 Å². The number of nitrogens with two attached hydrogens (primary N) is 1. The van der Waals surface area contributed by atoms with Gasteiger partial charge in [-0.1, -0.05) is 0 Å². The van der Waals surface area contributed by atoms with Crippen molar-refractivity contribution in [3.8, 4) is 0 Å². The molecule has 0 aromatic rings. The first kappa shape index (κ1) is 44.0. The molecule has 22 heteroatoms. The number of nitrogens with one attached hydrogen (secondary N) is 4. The van der Waals surface area contributed by atoms with Crippen LogP contribution in [0.2, 0.25) is 0 Å². The molecule has 4 rings (SSSR count). The third-order valence-corrected chi connectivity index (χ3v) is 11.5. The van der Waals surface area contributed by atoms with Crippen molar-refractivity contribution in [2.75, 3.05) is 56.5 Å². The molecule has 7 atom stereocenters. The van der Waals surface area contributed by atoms with E-state index in [0.717, 1.165) is 0 Å². The van der Waals surface area contributed by atoms with E-state index in [-0.39, 0.29) is 49.3 Å². The average Bonchev–Trinajstić information content (AvgIpc) is 4.02. The van der Waals surface area contributed by atoms with Crippen molar-refractivity contribution in [1.82, 2.24) is 40.9 Å². The van der Waals surface area contributed by atoms with Gasteiger partial charge in [-0.05, 0) is 51.4 Å². The highest BCUT2D eigenvalue weighted by atomic mass is 32.1. The summed E-state index contributed by atoms with van der Waals surface area (Å²) >= 11 is 12.5. The fraction of sp³-hybridized carbons (Fsp3) is 0.727. The second-order valence-corrected chi connectivity index (χ2v) is 15.0. The van der Waals surface area contributed by atoms with Gasteiger partial charge in [0.2, 0.25) is 47.3 Å². The molecule has 0 aromatic carbocycles. The highest BCUT2D eigenvalue weighted by Gasteiger charge is 2.44. The predicted octanol–water partition coefficient (Wildman–Crippen LogP) is -3.65. The van der Waals surface area contributed by atoms with Crippen molar-refractivity contribution in [2.45, 2.75) is 93.7 Å². The monoisotopic (exact) mass is 829 g/mol. The number of carbonyl (C=O) groups is 9. The minimum atomic E-state index is -1.25. The van der Waals surface area contributed by atoms with E-state index in [1.807, 2.05) is 0 Å². The number of carboxylic acids is 1. The number of likely N-dealkylation sites (tertiary alicyclic amines) is 4. The molecule has 4 aliphatic rings. The van der Waals surface area contributed by atoms with Gasteiger partial charge in [0.05, 0.1) is 13.1 Å². The Bertz CT molecular complexity index is 1510. The summed E-state index contributed by atoms with van der Waals surface area (Å²) in [6, 6.07) is -6.93. The smallest absolute Gasteiger partial charge is 0.327 e. The zero-order chi connectivity index (χ0) is 40.4. The average molecular weight is 830 g/mol. The third-order valence-electron chi connectivity index (χ3n) is 10.4. The molecule has 4 fully saturated rings. The van der Waals surface area contributed by atoms with Gasteiger partial charge >= 0.3 is 5.97 Å². The van der Waals surface area contributed by atoms with Crippen LogP contribution in [-0.2, 0) is 43.2 Å². The second-order valence-electron chi connectivity index (χ2n) is 13.9. The first-order chi connectivity index (χ1) is 26.3. The number of hydrogen-bond donors (Lipinski definition) is 9. The van der Waals surface area contributed by atoms with Crippen LogP contribution in [-0.4, -0.2) is 177 Å². The molecule has 4 aliphatic heterocycles. The van der Waals surface area contributed by atoms with Crippen molar-refractivity contribution in [3.05, 3.63) is 0 Å². The Morgan fingerprint density at radius 3 is 1.51 bits per heavy atom. The van der Waals surface area contributed by atoms with Crippen LogP contribution in [0, 0.1) is 0 Å². The van der Waals surface area contributed by atoms with E-state index in [2.05, 4.69) is 59.2 Å². The van der Waals surface area contributed by atoms with Gasteiger partial charge in [-0.2, -0.15) is 37.9 Å². The van der Waals surface area contributed by atoms with E-state index in [0.29, 0.717) is 57.9 Å². The van der Waals surface area contributed by atoms with Crippen LogP contribution in [0.15, 0.2) is 0 Å². The first-order valence-corrected chi connectivity index (χ1v) is 20.3. The molecule has 0 spiro atoms. The molecule has 4 saturated heterocycles. The number of carboxylic acid groups (broad SMARTS) is 1. The molecule has 8 amide bonds. The molecule has 0 bridgehead atoms. The lowest BCUT2D eigenvalue weighted by Gasteiger charge is -2.33. The molecule has 0 aliphatic carbocycles. The van der Waals surface area contributed by atoms with Crippen molar-refractivity contribution in [2.24, 2.45) is 5.73 Å². The molecule has 0 saturated carbocycles. The summed E-state index contributed by atoms with van der Waals surface area (Å²) in [5.41, 5.74) is 5.48. The molecule has 55 heavy (non-hydrogen) atoms. The van der Waals surface area contributed by atoms with Gasteiger partial charge in [0.15, 0.2) is 0 Å². The Kier molecular flexibility index (Phi) is 16.3. The van der Waals surface area contributed by atoms with Crippen LogP contribution in [0.3, 0.4) is 0 Å². The largest absolute Gasteiger partial charge is 0.480 e. The number of carbonyl (C=O) groups excluding carboxylic acids is 8. The fourth-order valence-electron chi connectivity index (χ4n) is 7.56. The zero-order valence-corrected chi connectivity index (χ0v) is 33.1. The predicted molar refractivity (Wildman–Crippen MR) is 206 cm³/mol. The van der Waals surface area contributed by atoms with Crippen LogP contribution in [0.5, 0.6) is 0 Å². The lowest BCUT2D eigenvalue weighted by Crippen LogP contribution is -2.58. The van der Waals surface area contributed by atoms with Crippen molar-refractivity contribution in [1.29, 1.82) is 0 Å². The normalized spacial score (nSPS) is 23.9. The highest BCUT2D eigenvalue weighted by Crippen LogP contribution is 2.26. The van der Waals surface area contributed by atoms with Crippen LogP contribution >= 0.6 is 37.9 Å². The van der Waals surface area contributed by atoms with E-state index >= 15 is 0 Å². The summed E-state index contributed by atoms with van der Waals surface area (Å²) in [4.78, 5) is 122. The topological polar surface area (TPSA) is 261 Å². The summed E-state index contributed by atoms with van der Waals surface area (Å²) in [6.45, 7) is 0.329. The molecule has 0 aromatic heterocycles.